The summed E-state index contributed by atoms with van der Waals surface area (Å²) in [6.45, 7) is 3.49. The zero-order chi connectivity index (χ0) is 25.8. The predicted molar refractivity (Wildman–Crippen MR) is 135 cm³/mol. The fraction of sp³-hybridized carbons (Fsp3) is 0.545. The fourth-order valence-electron chi connectivity index (χ4n) is 3.00. The van der Waals surface area contributed by atoms with E-state index in [2.05, 4.69) is 28.6 Å². The first-order valence-electron chi connectivity index (χ1n) is 10.8. The van der Waals surface area contributed by atoms with Crippen LogP contribution >= 0.6 is 24.4 Å². The van der Waals surface area contributed by atoms with E-state index in [0.717, 1.165) is 5.56 Å². The quantitative estimate of drug-likeness (QED) is 0.172. The lowest BCUT2D eigenvalue weighted by atomic mass is 10.0. The van der Waals surface area contributed by atoms with E-state index in [4.69, 9.17) is 10.8 Å². The van der Waals surface area contributed by atoms with Crippen LogP contribution in [-0.2, 0) is 25.6 Å². The fourth-order valence-corrected chi connectivity index (χ4v) is 3.72. The third-order valence-corrected chi connectivity index (χ3v) is 6.03. The monoisotopic (exact) mass is 514 g/mol. The maximum Gasteiger partial charge on any atom is 0.327 e. The van der Waals surface area contributed by atoms with Gasteiger partial charge in [-0.2, -0.15) is 24.4 Å². The molecule has 34 heavy (non-hydrogen) atoms. The Kier molecular flexibility index (Phi) is 12.8. The number of phenols is 1. The van der Waals surface area contributed by atoms with Gasteiger partial charge in [-0.1, -0.05) is 26.0 Å². The standard InChI is InChI=1S/C22H34N4O6S2/c1-12(2)18(26-19(28)15(23)10-13-4-6-14(27)7-5-13)21(30)24-16(8-9-34-3)20(29)25-17(11-33)22(31)32/h4-7,12,15-18,27,33H,8-11,23H2,1-3H3,(H,24,30)(H,25,29)(H,26,28)(H,31,32). The molecule has 0 heterocycles. The molecule has 0 fully saturated rings. The molecule has 1 aromatic carbocycles. The Hall–Kier alpha value is -2.44. The highest BCUT2D eigenvalue weighted by Crippen LogP contribution is 2.12. The second-order valence-electron chi connectivity index (χ2n) is 8.13. The van der Waals surface area contributed by atoms with Crippen molar-refractivity contribution < 1.29 is 29.4 Å². The lowest BCUT2D eigenvalue weighted by Gasteiger charge is -2.27. The number of nitrogens with two attached hydrogens (primary N) is 1. The van der Waals surface area contributed by atoms with Crippen molar-refractivity contribution in [2.24, 2.45) is 11.7 Å². The predicted octanol–water partition coefficient (Wildman–Crippen LogP) is 0.140. The summed E-state index contributed by atoms with van der Waals surface area (Å²) < 4.78 is 0. The molecule has 0 aliphatic carbocycles. The third kappa shape index (κ3) is 9.82. The van der Waals surface area contributed by atoms with Crippen LogP contribution in [0.3, 0.4) is 0 Å². The highest BCUT2D eigenvalue weighted by Gasteiger charge is 2.31. The van der Waals surface area contributed by atoms with E-state index >= 15 is 0 Å². The number of thioether (sulfide) groups is 1. The zero-order valence-electron chi connectivity index (χ0n) is 19.5. The molecule has 190 valence electrons. The van der Waals surface area contributed by atoms with E-state index in [-0.39, 0.29) is 30.3 Å². The number of hydrogen-bond donors (Lipinski definition) is 7. The maximum absolute atomic E-state index is 13.0. The van der Waals surface area contributed by atoms with Gasteiger partial charge in [0.2, 0.25) is 17.7 Å². The molecule has 0 aromatic heterocycles. The van der Waals surface area contributed by atoms with Gasteiger partial charge >= 0.3 is 5.97 Å². The summed E-state index contributed by atoms with van der Waals surface area (Å²) in [5, 5.41) is 26.2. The van der Waals surface area contributed by atoms with E-state index in [1.54, 1.807) is 26.0 Å². The smallest absolute Gasteiger partial charge is 0.327 e. The van der Waals surface area contributed by atoms with Gasteiger partial charge in [0.15, 0.2) is 0 Å². The summed E-state index contributed by atoms with van der Waals surface area (Å²) in [6, 6.07) is 2.23. The van der Waals surface area contributed by atoms with Crippen molar-refractivity contribution in [2.45, 2.75) is 50.9 Å². The highest BCUT2D eigenvalue weighted by molar-refractivity contribution is 7.98. The normalized spacial score (nSPS) is 14.5. The van der Waals surface area contributed by atoms with Crippen molar-refractivity contribution in [3.05, 3.63) is 29.8 Å². The van der Waals surface area contributed by atoms with Crippen molar-refractivity contribution >= 4 is 48.1 Å². The molecule has 1 rings (SSSR count). The number of aromatic hydroxyl groups is 1. The molecule has 3 amide bonds. The van der Waals surface area contributed by atoms with Gasteiger partial charge in [0, 0.05) is 5.75 Å². The van der Waals surface area contributed by atoms with E-state index in [1.807, 2.05) is 6.26 Å². The molecule has 0 bridgehead atoms. The summed E-state index contributed by atoms with van der Waals surface area (Å²) in [6.07, 6.45) is 2.32. The number of nitrogens with one attached hydrogen (secondary N) is 3. The van der Waals surface area contributed by atoms with Crippen LogP contribution in [0, 0.1) is 5.92 Å². The van der Waals surface area contributed by atoms with E-state index in [9.17, 15) is 24.3 Å². The average Bonchev–Trinajstić information content (AvgIpc) is 2.78. The van der Waals surface area contributed by atoms with Crippen LogP contribution in [0.4, 0.5) is 0 Å². The van der Waals surface area contributed by atoms with Crippen molar-refractivity contribution in [1.82, 2.24) is 16.0 Å². The molecule has 0 radical (unpaired) electrons. The summed E-state index contributed by atoms with van der Waals surface area (Å²) in [5.74, 6) is -2.73. The number of phenolic OH excluding ortho intramolecular Hbond substituents is 1. The Balaban J connectivity index is 2.87. The number of aliphatic carboxylic acids is 1. The lowest BCUT2D eigenvalue weighted by molar-refractivity contribution is -0.141. The van der Waals surface area contributed by atoms with Gasteiger partial charge in [0.05, 0.1) is 6.04 Å². The topological polar surface area (TPSA) is 171 Å². The SMILES string of the molecule is CSCCC(NC(=O)C(NC(=O)C(N)Cc1ccc(O)cc1)C(C)C)C(=O)NC(CS)C(=O)O. The van der Waals surface area contributed by atoms with Crippen LogP contribution in [0.25, 0.3) is 0 Å². The highest BCUT2D eigenvalue weighted by atomic mass is 32.2. The Bertz CT molecular complexity index is 837. The average molecular weight is 515 g/mol. The Morgan fingerprint density at radius 3 is 2.09 bits per heavy atom. The van der Waals surface area contributed by atoms with Crippen LogP contribution < -0.4 is 21.7 Å². The molecule has 0 saturated carbocycles. The number of hydrogen-bond acceptors (Lipinski definition) is 8. The van der Waals surface area contributed by atoms with Crippen LogP contribution in [0.5, 0.6) is 5.75 Å². The molecule has 12 heteroatoms. The molecule has 1 aromatic rings. The van der Waals surface area contributed by atoms with Gasteiger partial charge in [-0.3, -0.25) is 14.4 Å². The first kappa shape index (κ1) is 29.6. The van der Waals surface area contributed by atoms with Crippen LogP contribution in [0.1, 0.15) is 25.8 Å². The van der Waals surface area contributed by atoms with E-state index < -0.39 is 47.9 Å². The number of carboxylic acids is 1. The molecule has 4 unspecified atom stereocenters. The van der Waals surface area contributed by atoms with Gasteiger partial charge in [0.25, 0.3) is 0 Å². The summed E-state index contributed by atoms with van der Waals surface area (Å²) in [7, 11) is 0. The van der Waals surface area contributed by atoms with Crippen molar-refractivity contribution in [3.8, 4) is 5.75 Å². The van der Waals surface area contributed by atoms with Gasteiger partial charge in [-0.25, -0.2) is 4.79 Å². The van der Waals surface area contributed by atoms with Gasteiger partial charge in [0.1, 0.15) is 23.9 Å². The number of benzene rings is 1. The first-order chi connectivity index (χ1) is 16.0. The van der Waals surface area contributed by atoms with Gasteiger partial charge in [-0.15, -0.1) is 0 Å². The van der Waals surface area contributed by atoms with Crippen molar-refractivity contribution in [3.63, 3.8) is 0 Å². The molecule has 0 aliphatic rings. The third-order valence-electron chi connectivity index (χ3n) is 5.02. The van der Waals surface area contributed by atoms with Crippen molar-refractivity contribution in [1.29, 1.82) is 0 Å². The van der Waals surface area contributed by atoms with Crippen molar-refractivity contribution in [2.75, 3.05) is 17.8 Å². The van der Waals surface area contributed by atoms with Crippen LogP contribution in [0.15, 0.2) is 24.3 Å². The molecule has 0 spiro atoms. The minimum absolute atomic E-state index is 0.0995. The van der Waals surface area contributed by atoms with E-state index in [0.29, 0.717) is 5.75 Å². The summed E-state index contributed by atoms with van der Waals surface area (Å²) in [4.78, 5) is 49.5. The number of carbonyl (C=O) groups is 4. The lowest BCUT2D eigenvalue weighted by Crippen LogP contribution is -2.58. The molecule has 0 aliphatic heterocycles. The number of thiol groups is 1. The number of rotatable bonds is 14. The second kappa shape index (κ2) is 14.7. The Labute approximate surface area is 209 Å². The Morgan fingerprint density at radius 1 is 1.00 bits per heavy atom. The van der Waals surface area contributed by atoms with Crippen LogP contribution in [-0.4, -0.2) is 75.8 Å². The molecule has 4 atom stereocenters. The largest absolute Gasteiger partial charge is 0.508 e. The first-order valence-corrected chi connectivity index (χ1v) is 12.8. The molecule has 0 saturated heterocycles. The molecular weight excluding hydrogens is 480 g/mol. The minimum atomic E-state index is -1.23. The molecular formula is C22H34N4O6S2. The number of carbonyl (C=O) groups excluding carboxylic acids is 3. The Morgan fingerprint density at radius 2 is 1.59 bits per heavy atom. The van der Waals surface area contributed by atoms with Gasteiger partial charge < -0.3 is 31.9 Å². The van der Waals surface area contributed by atoms with Crippen LogP contribution in [0.2, 0.25) is 0 Å². The summed E-state index contributed by atoms with van der Waals surface area (Å²) >= 11 is 5.41. The maximum atomic E-state index is 13.0. The van der Waals surface area contributed by atoms with E-state index in [1.165, 1.54) is 23.9 Å². The zero-order valence-corrected chi connectivity index (χ0v) is 21.2. The number of amides is 3. The van der Waals surface area contributed by atoms with Gasteiger partial charge in [-0.05, 0) is 48.5 Å². The second-order valence-corrected chi connectivity index (χ2v) is 9.48. The summed E-state index contributed by atoms with van der Waals surface area (Å²) in [5.41, 5.74) is 6.76. The minimum Gasteiger partial charge on any atom is -0.508 e. The molecule has 7 N–H and O–H groups in total. The molecule has 10 nitrogen and oxygen atoms in total. The number of carboxylic acid groups (broad SMARTS) is 1.